The standard InChI is InChI=1S/C10H16N2/c1-10(2,3)9-5-4-8(6-11)7-12-9/h4-5,7H,6,11H2,1-3H3. The summed E-state index contributed by atoms with van der Waals surface area (Å²) in [5.74, 6) is 0. The van der Waals surface area contributed by atoms with E-state index in [-0.39, 0.29) is 5.41 Å². The van der Waals surface area contributed by atoms with Gasteiger partial charge in [0.15, 0.2) is 0 Å². The minimum absolute atomic E-state index is 0.132. The lowest BCUT2D eigenvalue weighted by atomic mass is 9.91. The number of pyridine rings is 1. The van der Waals surface area contributed by atoms with Gasteiger partial charge in [0, 0.05) is 23.9 Å². The van der Waals surface area contributed by atoms with E-state index < -0.39 is 0 Å². The van der Waals surface area contributed by atoms with E-state index in [1.807, 2.05) is 18.3 Å². The van der Waals surface area contributed by atoms with Crippen molar-refractivity contribution >= 4 is 0 Å². The molecule has 66 valence electrons. The highest BCUT2D eigenvalue weighted by molar-refractivity contribution is 5.18. The third-order valence-corrected chi connectivity index (χ3v) is 1.83. The van der Waals surface area contributed by atoms with E-state index in [1.54, 1.807) is 0 Å². The van der Waals surface area contributed by atoms with Crippen LogP contribution in [0.25, 0.3) is 0 Å². The fourth-order valence-corrected chi connectivity index (χ4v) is 0.989. The van der Waals surface area contributed by atoms with Gasteiger partial charge in [0.05, 0.1) is 0 Å². The van der Waals surface area contributed by atoms with E-state index in [4.69, 9.17) is 5.73 Å². The predicted octanol–water partition coefficient (Wildman–Crippen LogP) is 1.84. The van der Waals surface area contributed by atoms with E-state index in [0.717, 1.165) is 11.3 Å². The Morgan fingerprint density at radius 3 is 2.33 bits per heavy atom. The van der Waals surface area contributed by atoms with Crippen LogP contribution in [0.3, 0.4) is 0 Å². The van der Waals surface area contributed by atoms with Gasteiger partial charge in [-0.25, -0.2) is 0 Å². The van der Waals surface area contributed by atoms with Crippen LogP contribution in [0.15, 0.2) is 18.3 Å². The molecular formula is C10H16N2. The first kappa shape index (κ1) is 9.20. The molecule has 0 aliphatic rings. The lowest BCUT2D eigenvalue weighted by molar-refractivity contribution is 0.568. The number of nitrogens with zero attached hydrogens (tertiary/aromatic N) is 1. The molecule has 2 N–H and O–H groups in total. The van der Waals surface area contributed by atoms with E-state index in [0.29, 0.717) is 6.54 Å². The molecule has 0 radical (unpaired) electrons. The number of nitrogens with two attached hydrogens (primary N) is 1. The van der Waals surface area contributed by atoms with E-state index in [1.165, 1.54) is 0 Å². The molecule has 0 unspecified atom stereocenters. The van der Waals surface area contributed by atoms with Gasteiger partial charge in [-0.3, -0.25) is 4.98 Å². The summed E-state index contributed by atoms with van der Waals surface area (Å²) in [5, 5.41) is 0. The van der Waals surface area contributed by atoms with Crippen LogP contribution in [-0.4, -0.2) is 4.98 Å². The van der Waals surface area contributed by atoms with Crippen LogP contribution < -0.4 is 5.73 Å². The number of hydrogen-bond acceptors (Lipinski definition) is 2. The quantitative estimate of drug-likeness (QED) is 0.687. The summed E-state index contributed by atoms with van der Waals surface area (Å²) in [4.78, 5) is 4.34. The molecule has 0 saturated carbocycles. The molecule has 0 bridgehead atoms. The van der Waals surface area contributed by atoms with Crippen LogP contribution in [0.5, 0.6) is 0 Å². The minimum Gasteiger partial charge on any atom is -0.326 e. The fourth-order valence-electron chi connectivity index (χ4n) is 0.989. The largest absolute Gasteiger partial charge is 0.326 e. The highest BCUT2D eigenvalue weighted by Crippen LogP contribution is 2.19. The normalized spacial score (nSPS) is 11.7. The van der Waals surface area contributed by atoms with Crippen LogP contribution in [0.4, 0.5) is 0 Å². The van der Waals surface area contributed by atoms with Crippen molar-refractivity contribution in [1.29, 1.82) is 0 Å². The zero-order chi connectivity index (χ0) is 9.19. The lowest BCUT2D eigenvalue weighted by Gasteiger charge is -2.17. The van der Waals surface area contributed by atoms with Crippen LogP contribution >= 0.6 is 0 Å². The average Bonchev–Trinajstić information content (AvgIpc) is 2.03. The number of aromatic nitrogens is 1. The van der Waals surface area contributed by atoms with Gasteiger partial charge in [-0.05, 0) is 11.6 Å². The molecule has 12 heavy (non-hydrogen) atoms. The summed E-state index contributed by atoms with van der Waals surface area (Å²) in [6.45, 7) is 7.02. The number of hydrogen-bond donors (Lipinski definition) is 1. The third-order valence-electron chi connectivity index (χ3n) is 1.83. The fraction of sp³-hybridized carbons (Fsp3) is 0.500. The first-order valence-corrected chi connectivity index (χ1v) is 4.19. The lowest BCUT2D eigenvalue weighted by Crippen LogP contribution is -2.13. The summed E-state index contributed by atoms with van der Waals surface area (Å²) >= 11 is 0. The zero-order valence-electron chi connectivity index (χ0n) is 7.96. The van der Waals surface area contributed by atoms with Gasteiger partial charge in [0.2, 0.25) is 0 Å². The first-order valence-electron chi connectivity index (χ1n) is 4.19. The molecule has 2 nitrogen and oxygen atoms in total. The summed E-state index contributed by atoms with van der Waals surface area (Å²) in [6.07, 6.45) is 1.85. The van der Waals surface area contributed by atoms with Gasteiger partial charge in [0.1, 0.15) is 0 Å². The Morgan fingerprint density at radius 2 is 2.00 bits per heavy atom. The van der Waals surface area contributed by atoms with Gasteiger partial charge in [-0.15, -0.1) is 0 Å². The van der Waals surface area contributed by atoms with E-state index in [2.05, 4.69) is 25.8 Å². The van der Waals surface area contributed by atoms with Crippen LogP contribution in [-0.2, 0) is 12.0 Å². The smallest absolute Gasteiger partial charge is 0.0457 e. The van der Waals surface area contributed by atoms with Crippen LogP contribution in [0.1, 0.15) is 32.0 Å². The molecule has 1 aromatic rings. The topological polar surface area (TPSA) is 38.9 Å². The average molecular weight is 164 g/mol. The van der Waals surface area contributed by atoms with Crippen LogP contribution in [0, 0.1) is 0 Å². The molecule has 1 heterocycles. The predicted molar refractivity (Wildman–Crippen MR) is 50.8 cm³/mol. The number of rotatable bonds is 1. The Bertz CT molecular complexity index is 244. The van der Waals surface area contributed by atoms with Gasteiger partial charge in [0.25, 0.3) is 0 Å². The molecular weight excluding hydrogens is 148 g/mol. The molecule has 0 saturated heterocycles. The monoisotopic (exact) mass is 164 g/mol. The van der Waals surface area contributed by atoms with E-state index in [9.17, 15) is 0 Å². The van der Waals surface area contributed by atoms with Gasteiger partial charge in [-0.2, -0.15) is 0 Å². The third kappa shape index (κ3) is 2.05. The molecule has 0 fully saturated rings. The molecule has 0 atom stereocenters. The zero-order valence-corrected chi connectivity index (χ0v) is 7.96. The summed E-state index contributed by atoms with van der Waals surface area (Å²) in [7, 11) is 0. The molecule has 0 aromatic carbocycles. The second-order valence-electron chi connectivity index (χ2n) is 4.01. The van der Waals surface area contributed by atoms with Gasteiger partial charge < -0.3 is 5.73 Å². The first-order chi connectivity index (χ1) is 5.54. The van der Waals surface area contributed by atoms with Crippen molar-refractivity contribution < 1.29 is 0 Å². The molecule has 2 heteroatoms. The molecule has 0 amide bonds. The summed E-state index contributed by atoms with van der Waals surface area (Å²) in [5.41, 5.74) is 7.80. The summed E-state index contributed by atoms with van der Waals surface area (Å²) < 4.78 is 0. The maximum atomic E-state index is 5.47. The Kier molecular flexibility index (Phi) is 2.48. The Morgan fingerprint density at radius 1 is 1.33 bits per heavy atom. The second-order valence-corrected chi connectivity index (χ2v) is 4.01. The molecule has 0 spiro atoms. The SMILES string of the molecule is CC(C)(C)c1ccc(CN)cn1. The van der Waals surface area contributed by atoms with Crippen molar-refractivity contribution in [3.8, 4) is 0 Å². The maximum Gasteiger partial charge on any atom is 0.0457 e. The van der Waals surface area contributed by atoms with Gasteiger partial charge in [-0.1, -0.05) is 26.8 Å². The highest BCUT2D eigenvalue weighted by Gasteiger charge is 2.14. The van der Waals surface area contributed by atoms with Crippen molar-refractivity contribution in [1.82, 2.24) is 4.98 Å². The molecule has 1 rings (SSSR count). The molecule has 0 aliphatic heterocycles. The summed E-state index contributed by atoms with van der Waals surface area (Å²) in [6, 6.07) is 4.08. The van der Waals surface area contributed by atoms with Gasteiger partial charge >= 0.3 is 0 Å². The maximum absolute atomic E-state index is 5.47. The Hall–Kier alpha value is -0.890. The molecule has 1 aromatic heterocycles. The second kappa shape index (κ2) is 3.23. The van der Waals surface area contributed by atoms with Crippen LogP contribution in [0.2, 0.25) is 0 Å². The Balaban J connectivity index is 2.93. The highest BCUT2D eigenvalue weighted by atomic mass is 14.7. The Labute approximate surface area is 73.8 Å². The van der Waals surface area contributed by atoms with E-state index >= 15 is 0 Å². The van der Waals surface area contributed by atoms with Crippen molar-refractivity contribution in [2.24, 2.45) is 5.73 Å². The minimum atomic E-state index is 0.132. The van der Waals surface area contributed by atoms with Crippen molar-refractivity contribution in [2.75, 3.05) is 0 Å². The van der Waals surface area contributed by atoms with Crippen molar-refractivity contribution in [2.45, 2.75) is 32.7 Å². The van der Waals surface area contributed by atoms with Crippen molar-refractivity contribution in [3.05, 3.63) is 29.6 Å². The molecule has 0 aliphatic carbocycles. The van der Waals surface area contributed by atoms with Crippen molar-refractivity contribution in [3.63, 3.8) is 0 Å².